The van der Waals surface area contributed by atoms with Gasteiger partial charge in [0.15, 0.2) is 0 Å². The number of carbonyl (C=O) groups is 1. The van der Waals surface area contributed by atoms with Crippen LogP contribution >= 0.6 is 0 Å². The maximum Gasteiger partial charge on any atom is 0.330 e. The molecule has 2 heteroatoms. The molecule has 0 unspecified atom stereocenters. The van der Waals surface area contributed by atoms with Crippen molar-refractivity contribution < 1.29 is 9.53 Å². The van der Waals surface area contributed by atoms with Crippen LogP contribution in [0.1, 0.15) is 5.56 Å². The minimum absolute atomic E-state index is 0.379. The average Bonchev–Trinajstić information content (AvgIpc) is 2.19. The van der Waals surface area contributed by atoms with Crippen LogP contribution in [0.25, 0.3) is 0 Å². The summed E-state index contributed by atoms with van der Waals surface area (Å²) >= 11 is 0. The number of esters is 1. The van der Waals surface area contributed by atoms with Gasteiger partial charge in [-0.1, -0.05) is 30.8 Å². The Morgan fingerprint density at radius 3 is 3.08 bits per heavy atom. The third kappa shape index (κ3) is 3.56. The summed E-state index contributed by atoms with van der Waals surface area (Å²) in [5, 5.41) is 0. The Labute approximate surface area is 77.8 Å². The summed E-state index contributed by atoms with van der Waals surface area (Å²) in [5.74, 6) is -0.379. The number of hydrogen-bond donors (Lipinski definition) is 0. The van der Waals surface area contributed by atoms with E-state index in [2.05, 4.69) is 12.6 Å². The summed E-state index contributed by atoms with van der Waals surface area (Å²) in [6.07, 6.45) is 1.86. The van der Waals surface area contributed by atoms with Gasteiger partial charge in [0.05, 0.1) is 6.61 Å². The van der Waals surface area contributed by atoms with Crippen LogP contribution in [-0.2, 0) is 16.0 Å². The van der Waals surface area contributed by atoms with Crippen LogP contribution in [0.3, 0.4) is 0 Å². The smallest absolute Gasteiger partial charge is 0.330 e. The topological polar surface area (TPSA) is 26.3 Å². The molecule has 0 saturated carbocycles. The predicted octanol–water partition coefficient (Wildman–Crippen LogP) is 1.76. The number of carbonyl (C=O) groups excluding carboxylic acids is 1. The molecular weight excluding hydrogens is 164 g/mol. The van der Waals surface area contributed by atoms with E-state index in [1.165, 1.54) is 0 Å². The summed E-state index contributed by atoms with van der Waals surface area (Å²) in [5.41, 5.74) is 1.04. The van der Waals surface area contributed by atoms with Crippen LogP contribution in [0.2, 0.25) is 0 Å². The fourth-order valence-corrected chi connectivity index (χ4v) is 0.907. The molecular formula is C11H11O2. The van der Waals surface area contributed by atoms with Gasteiger partial charge in [-0.15, -0.1) is 0 Å². The first kappa shape index (κ1) is 9.52. The average molecular weight is 175 g/mol. The molecule has 1 rings (SSSR count). The molecule has 1 aromatic carbocycles. The van der Waals surface area contributed by atoms with Crippen LogP contribution in [0.15, 0.2) is 36.9 Å². The molecule has 2 nitrogen and oxygen atoms in total. The summed E-state index contributed by atoms with van der Waals surface area (Å²) in [7, 11) is 0. The van der Waals surface area contributed by atoms with Gasteiger partial charge in [0, 0.05) is 12.5 Å². The molecule has 0 atom stereocenters. The fraction of sp³-hybridized carbons (Fsp3) is 0.182. The second kappa shape index (κ2) is 5.14. The zero-order chi connectivity index (χ0) is 9.52. The van der Waals surface area contributed by atoms with Crippen molar-refractivity contribution >= 4 is 5.97 Å². The van der Waals surface area contributed by atoms with E-state index in [1.54, 1.807) is 0 Å². The highest BCUT2D eigenvalue weighted by molar-refractivity contribution is 5.81. The zero-order valence-corrected chi connectivity index (χ0v) is 7.32. The molecule has 0 saturated heterocycles. The van der Waals surface area contributed by atoms with Gasteiger partial charge in [0.25, 0.3) is 0 Å². The minimum atomic E-state index is -0.379. The first-order valence-electron chi connectivity index (χ1n) is 4.07. The molecule has 0 bridgehead atoms. The van der Waals surface area contributed by atoms with Gasteiger partial charge in [-0.25, -0.2) is 4.79 Å². The lowest BCUT2D eigenvalue weighted by molar-refractivity contribution is -0.137. The van der Waals surface area contributed by atoms with Crippen LogP contribution in [0.5, 0.6) is 0 Å². The van der Waals surface area contributed by atoms with Gasteiger partial charge < -0.3 is 4.74 Å². The van der Waals surface area contributed by atoms with E-state index in [9.17, 15) is 4.79 Å². The predicted molar refractivity (Wildman–Crippen MR) is 50.1 cm³/mol. The van der Waals surface area contributed by atoms with Crippen molar-refractivity contribution in [3.63, 3.8) is 0 Å². The second-order valence-electron chi connectivity index (χ2n) is 2.51. The fourth-order valence-electron chi connectivity index (χ4n) is 0.907. The Morgan fingerprint density at radius 1 is 1.62 bits per heavy atom. The standard InChI is InChI=1S/C11H11O2/c1-2-11(12)13-9-8-10-6-4-3-5-7-10/h2-6H,1,8-9H2. The Morgan fingerprint density at radius 2 is 2.46 bits per heavy atom. The SMILES string of the molecule is C=CC(=O)OCCc1[c]cccc1. The molecule has 0 aliphatic heterocycles. The lowest BCUT2D eigenvalue weighted by Crippen LogP contribution is -2.04. The van der Waals surface area contributed by atoms with E-state index in [-0.39, 0.29) is 5.97 Å². The quantitative estimate of drug-likeness (QED) is 0.515. The first-order chi connectivity index (χ1) is 6.33. The molecule has 1 radical (unpaired) electrons. The number of rotatable bonds is 4. The summed E-state index contributed by atoms with van der Waals surface area (Å²) in [4.78, 5) is 10.7. The van der Waals surface area contributed by atoms with E-state index in [0.29, 0.717) is 13.0 Å². The van der Waals surface area contributed by atoms with Crippen molar-refractivity contribution in [3.05, 3.63) is 48.6 Å². The van der Waals surface area contributed by atoms with E-state index >= 15 is 0 Å². The van der Waals surface area contributed by atoms with E-state index in [4.69, 9.17) is 4.74 Å². The van der Waals surface area contributed by atoms with Gasteiger partial charge in [0.2, 0.25) is 0 Å². The highest BCUT2D eigenvalue weighted by Gasteiger charge is 1.95. The van der Waals surface area contributed by atoms with Crippen LogP contribution < -0.4 is 0 Å². The van der Waals surface area contributed by atoms with Gasteiger partial charge in [0.1, 0.15) is 0 Å². The molecule has 13 heavy (non-hydrogen) atoms. The van der Waals surface area contributed by atoms with Gasteiger partial charge in [-0.3, -0.25) is 0 Å². The molecule has 0 aliphatic carbocycles. The lowest BCUT2D eigenvalue weighted by Gasteiger charge is -2.00. The number of ether oxygens (including phenoxy) is 1. The third-order valence-corrected chi connectivity index (χ3v) is 1.56. The van der Waals surface area contributed by atoms with Gasteiger partial charge >= 0.3 is 5.97 Å². The van der Waals surface area contributed by atoms with Crippen LogP contribution in [0, 0.1) is 6.07 Å². The van der Waals surface area contributed by atoms with Crippen molar-refractivity contribution in [2.24, 2.45) is 0 Å². The van der Waals surface area contributed by atoms with Crippen molar-refractivity contribution in [1.82, 2.24) is 0 Å². The molecule has 1 aromatic rings. The van der Waals surface area contributed by atoms with E-state index < -0.39 is 0 Å². The van der Waals surface area contributed by atoms with E-state index in [0.717, 1.165) is 11.6 Å². The molecule has 0 aromatic heterocycles. The molecule has 0 aliphatic rings. The van der Waals surface area contributed by atoms with Crippen molar-refractivity contribution in [1.29, 1.82) is 0 Å². The highest BCUT2D eigenvalue weighted by atomic mass is 16.5. The Balaban J connectivity index is 2.28. The van der Waals surface area contributed by atoms with Crippen molar-refractivity contribution in [2.75, 3.05) is 6.61 Å². The normalized spacial score (nSPS) is 9.23. The maximum atomic E-state index is 10.7. The second-order valence-corrected chi connectivity index (χ2v) is 2.51. The first-order valence-corrected chi connectivity index (χ1v) is 4.07. The molecule has 0 spiro atoms. The van der Waals surface area contributed by atoms with E-state index in [1.807, 2.05) is 24.3 Å². The number of benzene rings is 1. The largest absolute Gasteiger partial charge is 0.462 e. The maximum absolute atomic E-state index is 10.7. The highest BCUT2D eigenvalue weighted by Crippen LogP contribution is 1.98. The van der Waals surface area contributed by atoms with Gasteiger partial charge in [-0.2, -0.15) is 0 Å². The van der Waals surface area contributed by atoms with Crippen molar-refractivity contribution in [2.45, 2.75) is 6.42 Å². The minimum Gasteiger partial charge on any atom is -0.462 e. The Bertz CT molecular complexity index is 277. The van der Waals surface area contributed by atoms with Crippen LogP contribution in [-0.4, -0.2) is 12.6 Å². The molecule has 67 valence electrons. The Kier molecular flexibility index (Phi) is 3.76. The summed E-state index contributed by atoms with van der Waals surface area (Å²) < 4.78 is 4.82. The third-order valence-electron chi connectivity index (χ3n) is 1.56. The zero-order valence-electron chi connectivity index (χ0n) is 7.32. The molecule has 0 fully saturated rings. The summed E-state index contributed by atoms with van der Waals surface area (Å²) in [6.45, 7) is 3.68. The molecule has 0 amide bonds. The van der Waals surface area contributed by atoms with Crippen molar-refractivity contribution in [3.8, 4) is 0 Å². The monoisotopic (exact) mass is 175 g/mol. The van der Waals surface area contributed by atoms with Crippen LogP contribution in [0.4, 0.5) is 0 Å². The number of hydrogen-bond acceptors (Lipinski definition) is 2. The molecule has 0 N–H and O–H groups in total. The summed E-state index contributed by atoms with van der Waals surface area (Å²) in [6, 6.07) is 10.7. The van der Waals surface area contributed by atoms with Gasteiger partial charge in [-0.05, 0) is 11.6 Å². The molecule has 0 heterocycles. The Hall–Kier alpha value is -1.57. The lowest BCUT2D eigenvalue weighted by atomic mass is 10.2.